The van der Waals surface area contributed by atoms with Gasteiger partial charge >= 0.3 is 0 Å². The summed E-state index contributed by atoms with van der Waals surface area (Å²) >= 11 is 0. The van der Waals surface area contributed by atoms with Gasteiger partial charge < -0.3 is 9.88 Å². The maximum Gasteiger partial charge on any atom is 0.275 e. The Hall–Kier alpha value is -3.08. The molecule has 3 aromatic rings. The van der Waals surface area contributed by atoms with Crippen LogP contribution in [0.4, 0.5) is 5.69 Å². The van der Waals surface area contributed by atoms with E-state index in [1.54, 1.807) is 4.90 Å². The molecule has 2 aromatic carbocycles. The van der Waals surface area contributed by atoms with Gasteiger partial charge in [-0.05, 0) is 56.0 Å². The van der Waals surface area contributed by atoms with E-state index in [0.717, 1.165) is 48.7 Å². The second kappa shape index (κ2) is 8.12. The summed E-state index contributed by atoms with van der Waals surface area (Å²) in [6, 6.07) is 18.2. The van der Waals surface area contributed by atoms with Crippen LogP contribution in [0.2, 0.25) is 0 Å². The number of aromatic nitrogens is 1. The van der Waals surface area contributed by atoms with Crippen molar-refractivity contribution in [2.45, 2.75) is 70.5 Å². The van der Waals surface area contributed by atoms with Crippen molar-refractivity contribution in [3.8, 4) is 0 Å². The SMILES string of the molecule is CCc1ccc(N2C(=O)c3cc4ccccc4n3C[C@@]2(C)C(=O)NC2CCCCC2)cc1. The van der Waals surface area contributed by atoms with E-state index in [-0.39, 0.29) is 17.9 Å². The zero-order valence-corrected chi connectivity index (χ0v) is 18.9. The largest absolute Gasteiger partial charge is 0.351 e. The van der Waals surface area contributed by atoms with E-state index < -0.39 is 5.54 Å². The van der Waals surface area contributed by atoms with Gasteiger partial charge in [0, 0.05) is 22.6 Å². The first-order chi connectivity index (χ1) is 15.5. The highest BCUT2D eigenvalue weighted by Gasteiger charge is 2.49. The van der Waals surface area contributed by atoms with Crippen LogP contribution < -0.4 is 10.2 Å². The number of fused-ring (bicyclic) bond motifs is 3. The number of hydrogen-bond donors (Lipinski definition) is 1. The van der Waals surface area contributed by atoms with Crippen LogP contribution >= 0.6 is 0 Å². The molecule has 2 aliphatic rings. The highest BCUT2D eigenvalue weighted by molar-refractivity contribution is 6.14. The number of hydrogen-bond acceptors (Lipinski definition) is 2. The van der Waals surface area contributed by atoms with Crippen molar-refractivity contribution >= 4 is 28.4 Å². The van der Waals surface area contributed by atoms with Gasteiger partial charge in [-0.15, -0.1) is 0 Å². The summed E-state index contributed by atoms with van der Waals surface area (Å²) in [5, 5.41) is 4.32. The van der Waals surface area contributed by atoms with Gasteiger partial charge in [-0.1, -0.05) is 56.5 Å². The number of amides is 2. The molecule has 1 fully saturated rings. The Morgan fingerprint density at radius 3 is 2.50 bits per heavy atom. The zero-order valence-electron chi connectivity index (χ0n) is 18.9. The van der Waals surface area contributed by atoms with Crippen molar-refractivity contribution in [2.75, 3.05) is 4.90 Å². The fraction of sp³-hybridized carbons (Fsp3) is 0.407. The number of para-hydroxylation sites is 1. The highest BCUT2D eigenvalue weighted by atomic mass is 16.2. The molecule has 5 heteroatoms. The molecule has 1 aliphatic carbocycles. The number of aryl methyl sites for hydroxylation is 1. The van der Waals surface area contributed by atoms with Crippen molar-refractivity contribution in [2.24, 2.45) is 0 Å². The Kier molecular flexibility index (Phi) is 5.28. The smallest absolute Gasteiger partial charge is 0.275 e. The van der Waals surface area contributed by atoms with Crippen LogP contribution in [-0.4, -0.2) is 28.0 Å². The van der Waals surface area contributed by atoms with E-state index in [2.05, 4.69) is 12.2 Å². The number of anilines is 1. The Balaban J connectivity index is 1.60. The van der Waals surface area contributed by atoms with Gasteiger partial charge in [0.05, 0.1) is 6.54 Å². The normalized spacial score (nSPS) is 21.6. The number of rotatable bonds is 4. The number of nitrogens with one attached hydrogen (secondary N) is 1. The average molecular weight is 430 g/mol. The maximum absolute atomic E-state index is 13.9. The molecule has 1 saturated carbocycles. The summed E-state index contributed by atoms with van der Waals surface area (Å²) in [4.78, 5) is 29.4. The van der Waals surface area contributed by atoms with Crippen LogP contribution in [0.5, 0.6) is 0 Å². The standard InChI is InChI=1S/C27H31N3O2/c1-3-19-13-15-22(16-14-19)30-25(31)24-17-20-9-7-8-12-23(20)29(24)18-27(30,2)26(32)28-21-10-5-4-6-11-21/h7-9,12-17,21H,3-6,10-11,18H2,1-2H3,(H,28,32)/t27-/m0/s1. The summed E-state index contributed by atoms with van der Waals surface area (Å²) in [5.41, 5.74) is 2.59. The third-order valence-corrected chi connectivity index (χ3v) is 7.22. The third-order valence-electron chi connectivity index (χ3n) is 7.22. The molecular formula is C27H31N3O2. The fourth-order valence-corrected chi connectivity index (χ4v) is 5.32. The molecule has 166 valence electrons. The molecule has 1 atom stereocenters. The molecule has 0 radical (unpaired) electrons. The van der Waals surface area contributed by atoms with Crippen LogP contribution in [0.3, 0.4) is 0 Å². The van der Waals surface area contributed by atoms with Gasteiger partial charge in [0.1, 0.15) is 11.2 Å². The van der Waals surface area contributed by atoms with E-state index in [1.165, 1.54) is 12.0 Å². The monoisotopic (exact) mass is 429 g/mol. The topological polar surface area (TPSA) is 54.3 Å². The first kappa shape index (κ1) is 20.8. The van der Waals surface area contributed by atoms with Crippen molar-refractivity contribution in [1.29, 1.82) is 0 Å². The molecule has 0 bridgehead atoms. The number of carbonyl (C=O) groups is 2. The van der Waals surface area contributed by atoms with E-state index in [4.69, 9.17) is 0 Å². The molecular weight excluding hydrogens is 398 g/mol. The van der Waals surface area contributed by atoms with Gasteiger partial charge in [0.25, 0.3) is 5.91 Å². The quantitative estimate of drug-likeness (QED) is 0.629. The molecule has 2 amide bonds. The van der Waals surface area contributed by atoms with Crippen LogP contribution in [0.15, 0.2) is 54.6 Å². The maximum atomic E-state index is 13.9. The second-order valence-electron chi connectivity index (χ2n) is 9.42. The number of benzene rings is 2. The van der Waals surface area contributed by atoms with Gasteiger partial charge in [-0.25, -0.2) is 0 Å². The molecule has 1 aromatic heterocycles. The summed E-state index contributed by atoms with van der Waals surface area (Å²) in [6.45, 7) is 4.45. The highest BCUT2D eigenvalue weighted by Crippen LogP contribution is 2.36. The van der Waals surface area contributed by atoms with E-state index in [9.17, 15) is 9.59 Å². The van der Waals surface area contributed by atoms with Gasteiger partial charge in [0.2, 0.25) is 5.91 Å². The first-order valence-corrected chi connectivity index (χ1v) is 11.8. The molecule has 1 aliphatic heterocycles. The minimum atomic E-state index is -1.02. The lowest BCUT2D eigenvalue weighted by Crippen LogP contribution is -2.65. The Bertz CT molecular complexity index is 1160. The minimum absolute atomic E-state index is 0.0688. The van der Waals surface area contributed by atoms with E-state index in [0.29, 0.717) is 12.2 Å². The summed E-state index contributed by atoms with van der Waals surface area (Å²) < 4.78 is 2.02. The molecule has 32 heavy (non-hydrogen) atoms. The Morgan fingerprint density at radius 2 is 1.78 bits per heavy atom. The first-order valence-electron chi connectivity index (χ1n) is 11.8. The van der Waals surface area contributed by atoms with Gasteiger partial charge in [-0.3, -0.25) is 14.5 Å². The minimum Gasteiger partial charge on any atom is -0.351 e. The fourth-order valence-electron chi connectivity index (χ4n) is 5.32. The molecule has 5 nitrogen and oxygen atoms in total. The summed E-state index contributed by atoms with van der Waals surface area (Å²) in [7, 11) is 0. The van der Waals surface area contributed by atoms with Crippen LogP contribution in [0, 0.1) is 0 Å². The Labute approximate surface area is 189 Å². The predicted molar refractivity (Wildman–Crippen MR) is 128 cm³/mol. The molecule has 2 heterocycles. The van der Waals surface area contributed by atoms with Crippen LogP contribution in [-0.2, 0) is 17.8 Å². The number of carbonyl (C=O) groups excluding carboxylic acids is 2. The zero-order chi connectivity index (χ0) is 22.3. The molecule has 0 unspecified atom stereocenters. The summed E-state index contributed by atoms with van der Waals surface area (Å²) in [5.74, 6) is -0.196. The van der Waals surface area contributed by atoms with E-state index in [1.807, 2.05) is 66.1 Å². The number of nitrogens with zero attached hydrogens (tertiary/aromatic N) is 2. The lowest BCUT2D eigenvalue weighted by atomic mass is 9.91. The molecule has 1 N–H and O–H groups in total. The van der Waals surface area contributed by atoms with Crippen LogP contribution in [0.1, 0.15) is 62.0 Å². The second-order valence-corrected chi connectivity index (χ2v) is 9.42. The lowest BCUT2D eigenvalue weighted by molar-refractivity contribution is -0.127. The van der Waals surface area contributed by atoms with Gasteiger partial charge in [0.15, 0.2) is 0 Å². The molecule has 0 saturated heterocycles. The molecule has 0 spiro atoms. The van der Waals surface area contributed by atoms with Crippen molar-refractivity contribution < 1.29 is 9.59 Å². The van der Waals surface area contributed by atoms with Crippen molar-refractivity contribution in [1.82, 2.24) is 9.88 Å². The van der Waals surface area contributed by atoms with Gasteiger partial charge in [-0.2, -0.15) is 0 Å². The lowest BCUT2D eigenvalue weighted by Gasteiger charge is -2.44. The molecule has 5 rings (SSSR count). The average Bonchev–Trinajstić information content (AvgIpc) is 3.19. The van der Waals surface area contributed by atoms with Crippen molar-refractivity contribution in [3.05, 3.63) is 65.9 Å². The predicted octanol–water partition coefficient (Wildman–Crippen LogP) is 5.07. The summed E-state index contributed by atoms with van der Waals surface area (Å²) in [6.07, 6.45) is 6.49. The third kappa shape index (κ3) is 3.40. The van der Waals surface area contributed by atoms with Crippen molar-refractivity contribution in [3.63, 3.8) is 0 Å². The van der Waals surface area contributed by atoms with E-state index >= 15 is 0 Å². The van der Waals surface area contributed by atoms with Crippen LogP contribution in [0.25, 0.3) is 10.9 Å². The Morgan fingerprint density at radius 1 is 1.06 bits per heavy atom.